The number of carbonyl (C=O) groups is 2. The summed E-state index contributed by atoms with van der Waals surface area (Å²) in [6, 6.07) is 10.9. The SMILES string of the molecule is O=C(NCc1ccccc1Cn1ccnc1)C1CCN(C(=O)c2ccc(F)cc2F)CC1. The van der Waals surface area contributed by atoms with Gasteiger partial charge in [-0.25, -0.2) is 13.8 Å². The topological polar surface area (TPSA) is 67.2 Å². The summed E-state index contributed by atoms with van der Waals surface area (Å²) in [7, 11) is 0. The van der Waals surface area contributed by atoms with Crippen LogP contribution in [0.25, 0.3) is 0 Å². The number of rotatable bonds is 6. The summed E-state index contributed by atoms with van der Waals surface area (Å²) < 4.78 is 29.0. The second-order valence-corrected chi connectivity index (χ2v) is 7.91. The number of benzene rings is 2. The van der Waals surface area contributed by atoms with E-state index >= 15 is 0 Å². The number of nitrogens with zero attached hydrogens (tertiary/aromatic N) is 3. The Hall–Kier alpha value is -3.55. The quantitative estimate of drug-likeness (QED) is 0.642. The fourth-order valence-corrected chi connectivity index (χ4v) is 3.97. The first kappa shape index (κ1) is 21.7. The summed E-state index contributed by atoms with van der Waals surface area (Å²) in [6.07, 6.45) is 6.37. The van der Waals surface area contributed by atoms with E-state index in [4.69, 9.17) is 0 Å². The first-order valence-electron chi connectivity index (χ1n) is 10.6. The first-order chi connectivity index (χ1) is 15.5. The Morgan fingerprint density at radius 1 is 1.06 bits per heavy atom. The molecule has 0 aliphatic carbocycles. The van der Waals surface area contributed by atoms with Crippen LogP contribution >= 0.6 is 0 Å². The first-order valence-corrected chi connectivity index (χ1v) is 10.6. The molecule has 0 saturated carbocycles. The van der Waals surface area contributed by atoms with Gasteiger partial charge >= 0.3 is 0 Å². The third-order valence-corrected chi connectivity index (χ3v) is 5.80. The second-order valence-electron chi connectivity index (χ2n) is 7.91. The molecule has 1 fully saturated rings. The van der Waals surface area contributed by atoms with Gasteiger partial charge in [0.05, 0.1) is 11.9 Å². The zero-order valence-corrected chi connectivity index (χ0v) is 17.5. The van der Waals surface area contributed by atoms with Crippen LogP contribution in [0.5, 0.6) is 0 Å². The van der Waals surface area contributed by atoms with Gasteiger partial charge in [-0.3, -0.25) is 9.59 Å². The van der Waals surface area contributed by atoms with Gasteiger partial charge in [0, 0.05) is 50.6 Å². The average Bonchev–Trinajstić information content (AvgIpc) is 3.31. The van der Waals surface area contributed by atoms with Gasteiger partial charge in [0.15, 0.2) is 0 Å². The Kier molecular flexibility index (Phi) is 6.58. The third-order valence-electron chi connectivity index (χ3n) is 5.80. The van der Waals surface area contributed by atoms with Crippen molar-refractivity contribution in [2.75, 3.05) is 13.1 Å². The summed E-state index contributed by atoms with van der Waals surface area (Å²) in [5.41, 5.74) is 1.99. The van der Waals surface area contributed by atoms with Crippen LogP contribution in [0.1, 0.15) is 34.3 Å². The smallest absolute Gasteiger partial charge is 0.256 e. The van der Waals surface area contributed by atoms with Crippen LogP contribution in [0.3, 0.4) is 0 Å². The molecule has 4 rings (SSSR count). The van der Waals surface area contributed by atoms with Crippen molar-refractivity contribution in [2.24, 2.45) is 5.92 Å². The van der Waals surface area contributed by atoms with E-state index in [0.717, 1.165) is 23.3 Å². The molecule has 0 atom stereocenters. The van der Waals surface area contributed by atoms with Crippen LogP contribution in [0, 0.1) is 17.6 Å². The van der Waals surface area contributed by atoms with Crippen molar-refractivity contribution < 1.29 is 18.4 Å². The molecule has 1 aliphatic heterocycles. The molecule has 0 bridgehead atoms. The van der Waals surface area contributed by atoms with Gasteiger partial charge in [-0.05, 0) is 36.1 Å². The lowest BCUT2D eigenvalue weighted by molar-refractivity contribution is -0.126. The van der Waals surface area contributed by atoms with Crippen LogP contribution in [0.4, 0.5) is 8.78 Å². The molecule has 1 aromatic heterocycles. The van der Waals surface area contributed by atoms with E-state index in [1.54, 1.807) is 12.5 Å². The van der Waals surface area contributed by atoms with Gasteiger partial charge in [-0.15, -0.1) is 0 Å². The summed E-state index contributed by atoms with van der Waals surface area (Å²) >= 11 is 0. The summed E-state index contributed by atoms with van der Waals surface area (Å²) in [4.78, 5) is 30.8. The molecule has 2 aromatic carbocycles. The zero-order chi connectivity index (χ0) is 22.5. The molecule has 166 valence electrons. The number of carbonyl (C=O) groups excluding carboxylic acids is 2. The molecule has 32 heavy (non-hydrogen) atoms. The number of aromatic nitrogens is 2. The zero-order valence-electron chi connectivity index (χ0n) is 17.5. The standard InChI is InChI=1S/C24H24F2N4O2/c25-20-5-6-21(22(26)13-20)24(32)30-10-7-17(8-11-30)23(31)28-14-18-3-1-2-4-19(18)15-29-12-9-27-16-29/h1-6,9,12-13,16-17H,7-8,10-11,14-15H2,(H,28,31). The molecule has 0 unspecified atom stereocenters. The molecule has 1 N–H and O–H groups in total. The van der Waals surface area contributed by atoms with Crippen LogP contribution in [-0.2, 0) is 17.9 Å². The molecule has 1 saturated heterocycles. The molecule has 8 heteroatoms. The molecular formula is C24H24F2N4O2. The maximum Gasteiger partial charge on any atom is 0.256 e. The Morgan fingerprint density at radius 3 is 2.50 bits per heavy atom. The number of likely N-dealkylation sites (tertiary alicyclic amines) is 1. The van der Waals surface area contributed by atoms with Gasteiger partial charge in [0.2, 0.25) is 5.91 Å². The van der Waals surface area contributed by atoms with E-state index in [9.17, 15) is 18.4 Å². The van der Waals surface area contributed by atoms with Gasteiger partial charge in [0.1, 0.15) is 11.6 Å². The molecular weight excluding hydrogens is 414 g/mol. The Balaban J connectivity index is 1.30. The molecule has 0 radical (unpaired) electrons. The minimum absolute atomic E-state index is 0.0532. The normalized spacial score (nSPS) is 14.4. The van der Waals surface area contributed by atoms with Crippen molar-refractivity contribution in [3.05, 3.63) is 89.5 Å². The molecule has 0 spiro atoms. The highest BCUT2D eigenvalue weighted by molar-refractivity contribution is 5.94. The van der Waals surface area contributed by atoms with Gasteiger partial charge in [-0.1, -0.05) is 24.3 Å². The Labute approximate surface area is 184 Å². The number of imidazole rings is 1. The predicted molar refractivity (Wildman–Crippen MR) is 115 cm³/mol. The molecule has 3 aromatic rings. The minimum atomic E-state index is -0.871. The van der Waals surface area contributed by atoms with E-state index < -0.39 is 17.5 Å². The van der Waals surface area contributed by atoms with Gasteiger partial charge in [0.25, 0.3) is 5.91 Å². The van der Waals surface area contributed by atoms with Crippen LogP contribution in [-0.4, -0.2) is 39.4 Å². The largest absolute Gasteiger partial charge is 0.352 e. The van der Waals surface area contributed by atoms with Crippen LogP contribution < -0.4 is 5.32 Å². The van der Waals surface area contributed by atoms with Crippen molar-refractivity contribution >= 4 is 11.8 Å². The fraction of sp³-hybridized carbons (Fsp3) is 0.292. The lowest BCUT2D eigenvalue weighted by Crippen LogP contribution is -2.43. The fourth-order valence-electron chi connectivity index (χ4n) is 3.97. The maximum absolute atomic E-state index is 13.9. The number of piperidine rings is 1. The van der Waals surface area contributed by atoms with E-state index in [0.29, 0.717) is 45.1 Å². The molecule has 2 amide bonds. The van der Waals surface area contributed by atoms with Crippen LogP contribution in [0.2, 0.25) is 0 Å². The summed E-state index contributed by atoms with van der Waals surface area (Å²) in [6.45, 7) is 1.80. The Bertz CT molecular complexity index is 1090. The monoisotopic (exact) mass is 438 g/mol. The lowest BCUT2D eigenvalue weighted by atomic mass is 9.95. The second kappa shape index (κ2) is 9.72. The van der Waals surface area contributed by atoms with Crippen molar-refractivity contribution in [1.82, 2.24) is 19.8 Å². The number of halogens is 2. The summed E-state index contributed by atoms with van der Waals surface area (Å²) in [5, 5.41) is 3.01. The van der Waals surface area contributed by atoms with E-state index in [2.05, 4.69) is 10.3 Å². The van der Waals surface area contributed by atoms with Crippen molar-refractivity contribution in [2.45, 2.75) is 25.9 Å². The van der Waals surface area contributed by atoms with E-state index in [-0.39, 0.29) is 17.4 Å². The minimum Gasteiger partial charge on any atom is -0.352 e. The van der Waals surface area contributed by atoms with E-state index in [1.807, 2.05) is 35.0 Å². The molecule has 2 heterocycles. The summed E-state index contributed by atoms with van der Waals surface area (Å²) in [5.74, 6) is -2.33. The maximum atomic E-state index is 13.9. The number of amides is 2. The van der Waals surface area contributed by atoms with Crippen molar-refractivity contribution in [3.8, 4) is 0 Å². The van der Waals surface area contributed by atoms with Crippen molar-refractivity contribution in [3.63, 3.8) is 0 Å². The number of hydrogen-bond acceptors (Lipinski definition) is 3. The lowest BCUT2D eigenvalue weighted by Gasteiger charge is -2.31. The highest BCUT2D eigenvalue weighted by Gasteiger charge is 2.29. The number of hydrogen-bond donors (Lipinski definition) is 1. The number of nitrogens with one attached hydrogen (secondary N) is 1. The molecule has 6 nitrogen and oxygen atoms in total. The average molecular weight is 438 g/mol. The predicted octanol–water partition coefficient (Wildman–Crippen LogP) is 3.38. The molecule has 1 aliphatic rings. The van der Waals surface area contributed by atoms with Crippen LogP contribution in [0.15, 0.2) is 61.2 Å². The van der Waals surface area contributed by atoms with Crippen molar-refractivity contribution in [1.29, 1.82) is 0 Å². The van der Waals surface area contributed by atoms with Gasteiger partial charge < -0.3 is 14.8 Å². The highest BCUT2D eigenvalue weighted by Crippen LogP contribution is 2.21. The van der Waals surface area contributed by atoms with E-state index in [1.165, 1.54) is 4.90 Å². The van der Waals surface area contributed by atoms with Gasteiger partial charge in [-0.2, -0.15) is 0 Å². The Morgan fingerprint density at radius 2 is 1.81 bits per heavy atom. The third kappa shape index (κ3) is 5.01. The highest BCUT2D eigenvalue weighted by atomic mass is 19.1.